The van der Waals surface area contributed by atoms with E-state index in [4.69, 9.17) is 4.74 Å². The van der Waals surface area contributed by atoms with Crippen LogP contribution in [-0.4, -0.2) is 34.0 Å². The van der Waals surface area contributed by atoms with Gasteiger partial charge in [0.05, 0.1) is 16.6 Å². The second-order valence-corrected chi connectivity index (χ2v) is 8.51. The normalized spacial score (nSPS) is 14.6. The zero-order chi connectivity index (χ0) is 24.7. The number of phenols is 1. The largest absolute Gasteiger partial charge is 0.507 e. The number of aromatic nitrogens is 1. The molecular formula is C27H22F3NO4. The summed E-state index contributed by atoms with van der Waals surface area (Å²) in [6.07, 6.45) is -1.78. The van der Waals surface area contributed by atoms with Crippen molar-refractivity contribution in [2.75, 3.05) is 13.2 Å². The molecule has 3 aromatic carbocycles. The van der Waals surface area contributed by atoms with E-state index in [1.54, 1.807) is 34.9 Å². The zero-order valence-corrected chi connectivity index (χ0v) is 18.5. The van der Waals surface area contributed by atoms with Gasteiger partial charge in [-0.1, -0.05) is 24.3 Å². The number of halogens is 3. The van der Waals surface area contributed by atoms with E-state index in [9.17, 15) is 28.2 Å². The number of rotatable bonds is 5. The molecule has 5 nitrogen and oxygen atoms in total. The van der Waals surface area contributed by atoms with Gasteiger partial charge in [-0.05, 0) is 54.8 Å². The van der Waals surface area contributed by atoms with Gasteiger partial charge < -0.3 is 19.5 Å². The summed E-state index contributed by atoms with van der Waals surface area (Å²) in [5.41, 5.74) is 1.73. The first kappa shape index (κ1) is 23.0. The molecule has 1 saturated heterocycles. The number of benzene rings is 3. The van der Waals surface area contributed by atoms with Crippen molar-refractivity contribution in [3.05, 3.63) is 83.3 Å². The molecule has 0 spiro atoms. The average Bonchev–Trinajstić information content (AvgIpc) is 3.21. The molecule has 2 heterocycles. The number of ether oxygens (including phenoxy) is 1. The highest BCUT2D eigenvalue weighted by Gasteiger charge is 2.31. The minimum absolute atomic E-state index is 0.0514. The van der Waals surface area contributed by atoms with Crippen LogP contribution in [0.25, 0.3) is 27.7 Å². The van der Waals surface area contributed by atoms with Crippen LogP contribution in [0.15, 0.2) is 60.7 Å². The lowest BCUT2D eigenvalue weighted by atomic mass is 9.88. The van der Waals surface area contributed by atoms with Crippen LogP contribution in [0.5, 0.6) is 5.75 Å². The van der Waals surface area contributed by atoms with Crippen molar-refractivity contribution in [1.29, 1.82) is 0 Å². The molecule has 0 atom stereocenters. The molecule has 0 amide bonds. The Morgan fingerprint density at radius 2 is 1.77 bits per heavy atom. The van der Waals surface area contributed by atoms with Crippen LogP contribution in [-0.2, 0) is 4.74 Å². The summed E-state index contributed by atoms with van der Waals surface area (Å²) >= 11 is 0. The number of phenolic OH excluding ortho intramolecular Hbond substituents is 1. The lowest BCUT2D eigenvalue weighted by Gasteiger charge is -2.26. The highest BCUT2D eigenvalue weighted by molar-refractivity contribution is 6.07. The lowest BCUT2D eigenvalue weighted by molar-refractivity contribution is 0.0697. The summed E-state index contributed by atoms with van der Waals surface area (Å²) in [6.45, 7) is 0.952. The first-order valence-electron chi connectivity index (χ1n) is 11.2. The monoisotopic (exact) mass is 481 g/mol. The Balaban J connectivity index is 1.93. The smallest absolute Gasteiger partial charge is 0.336 e. The topological polar surface area (TPSA) is 71.7 Å². The number of carbonyl (C=O) groups is 1. The van der Waals surface area contributed by atoms with Crippen LogP contribution in [0.3, 0.4) is 0 Å². The molecule has 0 saturated carbocycles. The van der Waals surface area contributed by atoms with E-state index in [1.165, 1.54) is 18.2 Å². The Morgan fingerprint density at radius 1 is 1.03 bits per heavy atom. The first-order chi connectivity index (χ1) is 16.9. The van der Waals surface area contributed by atoms with Crippen LogP contribution in [0.4, 0.5) is 13.2 Å². The summed E-state index contributed by atoms with van der Waals surface area (Å²) in [4.78, 5) is 12.1. The van der Waals surface area contributed by atoms with Gasteiger partial charge in [-0.25, -0.2) is 18.0 Å². The quantitative estimate of drug-likeness (QED) is 0.334. The van der Waals surface area contributed by atoms with Gasteiger partial charge in [0.25, 0.3) is 6.43 Å². The third-order valence-electron chi connectivity index (χ3n) is 6.52. The summed E-state index contributed by atoms with van der Waals surface area (Å²) in [6, 6.07) is 14.9. The maximum Gasteiger partial charge on any atom is 0.336 e. The van der Waals surface area contributed by atoms with Crippen LogP contribution >= 0.6 is 0 Å². The van der Waals surface area contributed by atoms with Crippen LogP contribution in [0.2, 0.25) is 0 Å². The van der Waals surface area contributed by atoms with Gasteiger partial charge >= 0.3 is 5.97 Å². The third kappa shape index (κ3) is 3.93. The molecule has 8 heteroatoms. The fourth-order valence-corrected chi connectivity index (χ4v) is 4.97. The zero-order valence-electron chi connectivity index (χ0n) is 18.5. The maximum absolute atomic E-state index is 14.2. The molecule has 180 valence electrons. The van der Waals surface area contributed by atoms with Gasteiger partial charge in [-0.3, -0.25) is 0 Å². The van der Waals surface area contributed by atoms with Gasteiger partial charge in [0.1, 0.15) is 11.6 Å². The number of hydrogen-bond acceptors (Lipinski definition) is 3. The predicted octanol–water partition coefficient (Wildman–Crippen LogP) is 6.67. The molecule has 5 rings (SSSR count). The number of carboxylic acid groups (broad SMARTS) is 1. The Hall–Kier alpha value is -3.78. The Labute approximate surface area is 199 Å². The van der Waals surface area contributed by atoms with Crippen molar-refractivity contribution >= 4 is 16.9 Å². The van der Waals surface area contributed by atoms with E-state index in [2.05, 4.69) is 0 Å². The SMILES string of the molecule is O=C(O)c1ccccc1-c1c(C2CCOCC2)n(-c2ccc(F)c(C(F)F)c2)c2cccc(O)c12. The van der Waals surface area contributed by atoms with E-state index < -0.39 is 23.8 Å². The summed E-state index contributed by atoms with van der Waals surface area (Å²) in [5.74, 6) is -2.32. The maximum atomic E-state index is 14.2. The molecule has 0 unspecified atom stereocenters. The number of alkyl halides is 2. The molecule has 0 radical (unpaired) electrons. The number of nitrogens with zero attached hydrogens (tertiary/aromatic N) is 1. The number of hydrogen-bond donors (Lipinski definition) is 2. The molecule has 4 aromatic rings. The Bertz CT molecular complexity index is 1420. The van der Waals surface area contributed by atoms with E-state index in [0.29, 0.717) is 59.5 Å². The lowest BCUT2D eigenvalue weighted by Crippen LogP contribution is -2.18. The summed E-state index contributed by atoms with van der Waals surface area (Å²) in [5, 5.41) is 21.3. The van der Waals surface area contributed by atoms with Crippen LogP contribution in [0, 0.1) is 5.82 Å². The van der Waals surface area contributed by atoms with Gasteiger partial charge in [0.2, 0.25) is 0 Å². The standard InChI is InChI=1S/C27H22F3NO4/c28-20-9-8-16(14-19(20)26(29)30)31-21-6-3-7-22(32)24(21)23(25(31)15-10-12-35-13-11-15)17-4-1-2-5-18(17)27(33)34/h1-9,14-15,26,32H,10-13H2,(H,33,34). The molecule has 1 aliphatic heterocycles. The number of aromatic hydroxyl groups is 1. The molecule has 1 fully saturated rings. The van der Waals surface area contributed by atoms with Crippen LogP contribution < -0.4 is 0 Å². The van der Waals surface area contributed by atoms with E-state index >= 15 is 0 Å². The highest BCUT2D eigenvalue weighted by Crippen LogP contribution is 2.47. The van der Waals surface area contributed by atoms with Gasteiger partial charge in [0, 0.05) is 41.5 Å². The van der Waals surface area contributed by atoms with Crippen molar-refractivity contribution in [1.82, 2.24) is 4.57 Å². The van der Waals surface area contributed by atoms with Crippen molar-refractivity contribution in [2.24, 2.45) is 0 Å². The van der Waals surface area contributed by atoms with Crippen molar-refractivity contribution in [2.45, 2.75) is 25.2 Å². The molecule has 2 N–H and O–H groups in total. The minimum Gasteiger partial charge on any atom is -0.507 e. The predicted molar refractivity (Wildman–Crippen MR) is 125 cm³/mol. The second-order valence-electron chi connectivity index (χ2n) is 8.51. The third-order valence-corrected chi connectivity index (χ3v) is 6.52. The molecular weight excluding hydrogens is 459 g/mol. The molecule has 0 bridgehead atoms. The van der Waals surface area contributed by atoms with E-state index in [1.807, 2.05) is 0 Å². The molecule has 1 aromatic heterocycles. The van der Waals surface area contributed by atoms with Crippen molar-refractivity contribution < 1.29 is 32.9 Å². The number of fused-ring (bicyclic) bond motifs is 1. The second kappa shape index (κ2) is 9.11. The van der Waals surface area contributed by atoms with Gasteiger partial charge in [-0.2, -0.15) is 0 Å². The van der Waals surface area contributed by atoms with Gasteiger partial charge in [0.15, 0.2) is 0 Å². The number of aromatic carboxylic acids is 1. The van der Waals surface area contributed by atoms with E-state index in [-0.39, 0.29) is 17.2 Å². The fourth-order valence-electron chi connectivity index (χ4n) is 4.97. The minimum atomic E-state index is -3.01. The summed E-state index contributed by atoms with van der Waals surface area (Å²) in [7, 11) is 0. The summed E-state index contributed by atoms with van der Waals surface area (Å²) < 4.78 is 48.6. The van der Waals surface area contributed by atoms with Crippen molar-refractivity contribution in [3.8, 4) is 22.6 Å². The molecule has 1 aliphatic rings. The number of carboxylic acids is 1. The fraction of sp³-hybridized carbons (Fsp3) is 0.222. The van der Waals surface area contributed by atoms with Crippen molar-refractivity contribution in [3.63, 3.8) is 0 Å². The average molecular weight is 481 g/mol. The van der Waals surface area contributed by atoms with E-state index in [0.717, 1.165) is 12.1 Å². The Morgan fingerprint density at radius 3 is 2.49 bits per heavy atom. The first-order valence-corrected chi connectivity index (χ1v) is 11.2. The van der Waals surface area contributed by atoms with Gasteiger partial charge in [-0.15, -0.1) is 0 Å². The molecule has 35 heavy (non-hydrogen) atoms. The van der Waals surface area contributed by atoms with Crippen LogP contribution in [0.1, 0.15) is 46.8 Å². The molecule has 0 aliphatic carbocycles. The Kier molecular flexibility index (Phi) is 5.98. The highest BCUT2D eigenvalue weighted by atomic mass is 19.3.